The zero-order valence-electron chi connectivity index (χ0n) is 33.7. The number of aromatic amines is 2. The van der Waals surface area contributed by atoms with Gasteiger partial charge >= 0.3 is 6.09 Å². The van der Waals surface area contributed by atoms with E-state index in [0.717, 1.165) is 68.8 Å². The Morgan fingerprint density at radius 2 is 1.10 bits per heavy atom. The van der Waals surface area contributed by atoms with Crippen molar-refractivity contribution in [1.82, 2.24) is 40.4 Å². The Labute approximate surface area is 348 Å². The molecule has 58 heavy (non-hydrogen) atoms. The van der Waals surface area contributed by atoms with Gasteiger partial charge in [0.15, 0.2) is 0 Å². The van der Waals surface area contributed by atoms with Crippen molar-refractivity contribution in [2.75, 3.05) is 46.4 Å². The Kier molecular flexibility index (Phi) is 19.2. The molecule has 6 aromatic rings. The number of likely N-dealkylation sites (tertiary alicyclic amines) is 2. The molecule has 2 saturated heterocycles. The minimum absolute atomic E-state index is 0.0303. The first-order valence-electron chi connectivity index (χ1n) is 19.4. The van der Waals surface area contributed by atoms with Gasteiger partial charge in [0.2, 0.25) is 17.7 Å². The lowest BCUT2D eigenvalue weighted by Crippen LogP contribution is -2.38. The van der Waals surface area contributed by atoms with Crippen LogP contribution < -0.4 is 10.6 Å². The van der Waals surface area contributed by atoms with Crippen LogP contribution in [0.5, 0.6) is 0 Å². The van der Waals surface area contributed by atoms with Gasteiger partial charge in [0.1, 0.15) is 6.54 Å². The number of hydrogen-bond donors (Lipinski definition) is 4. The van der Waals surface area contributed by atoms with Crippen LogP contribution >= 0.6 is 22.7 Å². The van der Waals surface area contributed by atoms with Gasteiger partial charge in [-0.15, -0.1) is 22.7 Å². The van der Waals surface area contributed by atoms with Crippen LogP contribution in [0.15, 0.2) is 96.5 Å². The number of H-pyrrole nitrogens is 2. The molecule has 4 aromatic heterocycles. The van der Waals surface area contributed by atoms with E-state index in [-0.39, 0.29) is 30.8 Å². The number of amides is 4. The second kappa shape index (κ2) is 24.8. The number of imidazole rings is 2. The fraction of sp³-hybridized carbons (Fsp3) is 0.349. The second-order valence-electron chi connectivity index (χ2n) is 13.3. The predicted molar refractivity (Wildman–Crippen MR) is 233 cm³/mol. The average molecular weight is 827 g/mol. The van der Waals surface area contributed by atoms with Crippen LogP contribution in [0.1, 0.15) is 52.9 Å². The van der Waals surface area contributed by atoms with Gasteiger partial charge < -0.3 is 35.1 Å². The topological polar surface area (TPSA) is 165 Å². The molecule has 8 rings (SSSR count). The van der Waals surface area contributed by atoms with Crippen LogP contribution in [-0.4, -0.2) is 99.9 Å². The normalized spacial score (nSPS) is 12.7. The van der Waals surface area contributed by atoms with Crippen LogP contribution in [0.4, 0.5) is 4.79 Å². The molecule has 4 N–H and O–H groups in total. The van der Waals surface area contributed by atoms with Crippen molar-refractivity contribution in [2.24, 2.45) is 0 Å². The number of carbonyl (C=O) groups excluding carboxylic acids is 4. The van der Waals surface area contributed by atoms with E-state index < -0.39 is 6.09 Å². The van der Waals surface area contributed by atoms with Crippen molar-refractivity contribution in [2.45, 2.75) is 52.9 Å². The molecule has 2 aliphatic heterocycles. The summed E-state index contributed by atoms with van der Waals surface area (Å²) in [6, 6.07) is 20.6. The monoisotopic (exact) mass is 826 g/mol. The van der Waals surface area contributed by atoms with Gasteiger partial charge in [0, 0.05) is 55.0 Å². The van der Waals surface area contributed by atoms with Crippen molar-refractivity contribution in [3.63, 3.8) is 0 Å². The molecule has 15 heteroatoms. The number of methoxy groups -OCH3 is 1. The largest absolute Gasteiger partial charge is 0.453 e. The van der Waals surface area contributed by atoms with Crippen molar-refractivity contribution in [1.29, 1.82) is 0 Å². The molecule has 0 atom stereocenters. The van der Waals surface area contributed by atoms with Gasteiger partial charge in [0.25, 0.3) is 0 Å². The summed E-state index contributed by atoms with van der Waals surface area (Å²) in [5.41, 5.74) is 7.02. The minimum Gasteiger partial charge on any atom is -0.453 e. The van der Waals surface area contributed by atoms with Crippen LogP contribution in [0.2, 0.25) is 0 Å². The van der Waals surface area contributed by atoms with Gasteiger partial charge in [-0.3, -0.25) is 14.4 Å². The average Bonchev–Trinajstić information content (AvgIpc) is 4.10. The first-order chi connectivity index (χ1) is 28.2. The smallest absolute Gasteiger partial charge is 0.407 e. The van der Waals surface area contributed by atoms with E-state index in [1.54, 1.807) is 45.1 Å². The highest BCUT2D eigenvalue weighted by atomic mass is 32.1. The predicted octanol–water partition coefficient (Wildman–Crippen LogP) is 8.22. The maximum atomic E-state index is 11.3. The summed E-state index contributed by atoms with van der Waals surface area (Å²) in [6.45, 7) is 9.15. The Balaban J connectivity index is 0.000000186. The number of hydrogen-bond acceptors (Lipinski definition) is 9. The molecule has 6 heterocycles. The van der Waals surface area contributed by atoms with Crippen molar-refractivity contribution >= 4 is 55.9 Å². The van der Waals surface area contributed by atoms with Crippen LogP contribution in [-0.2, 0) is 19.1 Å². The number of benzene rings is 2. The maximum absolute atomic E-state index is 11.3. The van der Waals surface area contributed by atoms with E-state index >= 15 is 0 Å². The number of nitrogens with zero attached hydrogens (tertiary/aromatic N) is 4. The summed E-state index contributed by atoms with van der Waals surface area (Å²) < 4.78 is 6.99. The van der Waals surface area contributed by atoms with Crippen molar-refractivity contribution in [3.05, 3.63) is 96.5 Å². The third kappa shape index (κ3) is 14.3. The lowest BCUT2D eigenvalue weighted by Gasteiger charge is -2.14. The van der Waals surface area contributed by atoms with E-state index in [0.29, 0.717) is 0 Å². The third-order valence-corrected chi connectivity index (χ3v) is 10.9. The van der Waals surface area contributed by atoms with Gasteiger partial charge in [-0.2, -0.15) is 0 Å². The fourth-order valence-electron chi connectivity index (χ4n) is 5.81. The molecule has 0 unspecified atom stereocenters. The standard InChI is InChI=1S/C18H12N4S2.C8H14N2O3.C8H14N2O2.C6H6.C3H8/c1-3-12(15-5-19-9-21-15)4-2-11(1)13-7-23-18-14(8-24-17(13)18)16-6-20-10-22-16;1-13-8(12)9-6-7(11)10-4-2-3-5-10;1-7(11)9-6-8(12)10-4-2-3-5-10;1-2-4-6-5-3-1;1-3-2/h1-10H,(H,19,21)(H,20,22);2-6H2,1H3,(H,9,12);2-6H2,1H3,(H,9,11);1-6H;3H2,1-2H3. The molecule has 0 radical (unpaired) electrons. The number of ether oxygens (including phenoxy) is 1. The van der Waals surface area contributed by atoms with E-state index in [4.69, 9.17) is 0 Å². The Morgan fingerprint density at radius 3 is 1.55 bits per heavy atom. The zero-order chi connectivity index (χ0) is 41.5. The first-order valence-corrected chi connectivity index (χ1v) is 21.2. The van der Waals surface area contributed by atoms with Crippen molar-refractivity contribution < 1.29 is 23.9 Å². The molecule has 0 bridgehead atoms. The Bertz CT molecular complexity index is 2040. The number of aromatic nitrogens is 4. The lowest BCUT2D eigenvalue weighted by atomic mass is 10.1. The Morgan fingerprint density at radius 1 is 0.672 bits per heavy atom. The lowest BCUT2D eigenvalue weighted by molar-refractivity contribution is -0.131. The molecule has 2 aliphatic rings. The maximum Gasteiger partial charge on any atom is 0.407 e. The van der Waals surface area contributed by atoms with Crippen molar-refractivity contribution in [3.8, 4) is 33.6 Å². The fourth-order valence-corrected chi connectivity index (χ4v) is 8.26. The van der Waals surface area contributed by atoms with E-state index in [2.05, 4.69) is 84.2 Å². The summed E-state index contributed by atoms with van der Waals surface area (Å²) in [6.07, 6.45) is 12.1. The highest BCUT2D eigenvalue weighted by molar-refractivity contribution is 7.27. The number of carbonyl (C=O) groups is 4. The van der Waals surface area contributed by atoms with Gasteiger partial charge in [-0.05, 0) is 36.8 Å². The molecule has 13 nitrogen and oxygen atoms in total. The molecule has 0 aliphatic carbocycles. The number of alkyl carbamates (subject to hydrolysis) is 1. The van der Waals surface area contributed by atoms with E-state index in [9.17, 15) is 19.2 Å². The second-order valence-corrected chi connectivity index (χ2v) is 15.0. The minimum atomic E-state index is -0.562. The van der Waals surface area contributed by atoms with Crippen LogP contribution in [0, 0.1) is 0 Å². The highest BCUT2D eigenvalue weighted by Gasteiger charge is 2.19. The molecule has 2 aromatic carbocycles. The Hall–Kier alpha value is -5.80. The molecule has 308 valence electrons. The summed E-state index contributed by atoms with van der Waals surface area (Å²) >= 11 is 3.58. The summed E-state index contributed by atoms with van der Waals surface area (Å²) in [7, 11) is 1.27. The highest BCUT2D eigenvalue weighted by Crippen LogP contribution is 2.43. The molecule has 0 saturated carbocycles. The van der Waals surface area contributed by atoms with E-state index in [1.165, 1.54) is 46.5 Å². The summed E-state index contributed by atoms with van der Waals surface area (Å²) in [5.74, 6) is -0.159. The zero-order valence-corrected chi connectivity index (χ0v) is 35.3. The van der Waals surface area contributed by atoms with E-state index in [1.807, 2.05) is 48.8 Å². The molecule has 0 spiro atoms. The van der Waals surface area contributed by atoms with Crippen LogP contribution in [0.3, 0.4) is 0 Å². The van der Waals surface area contributed by atoms with Gasteiger partial charge in [-0.1, -0.05) is 80.9 Å². The number of rotatable bonds is 7. The summed E-state index contributed by atoms with van der Waals surface area (Å²) in [4.78, 5) is 61.8. The molecular formula is C43H54N8O5S2. The number of thiophene rings is 2. The first kappa shape index (κ1) is 44.9. The van der Waals surface area contributed by atoms with Gasteiger partial charge in [0.05, 0.1) is 59.5 Å². The van der Waals surface area contributed by atoms with Crippen LogP contribution in [0.25, 0.3) is 43.0 Å². The third-order valence-electron chi connectivity index (χ3n) is 8.72. The summed E-state index contributed by atoms with van der Waals surface area (Å²) in [5, 5.41) is 9.30. The van der Waals surface area contributed by atoms with Gasteiger partial charge in [-0.25, -0.2) is 14.8 Å². The SMILES string of the molecule is CC(=O)NCC(=O)N1CCCC1.CCC.COC(=O)NCC(=O)N1CCCC1.c1ccccc1.c1ncc(-c2ccc(-c3csc4c(-c5cnc[nH]5)csc34)cc2)[nH]1. The molecular weight excluding hydrogens is 773 g/mol. The molecule has 4 amide bonds. The number of nitrogens with one attached hydrogen (secondary N) is 4. The quantitative estimate of drug-likeness (QED) is 0.126. The molecule has 2 fully saturated rings. The number of fused-ring (bicyclic) bond motifs is 1.